The Morgan fingerprint density at radius 2 is 1.74 bits per heavy atom. The van der Waals surface area contributed by atoms with Gasteiger partial charge in [0.2, 0.25) is 0 Å². The van der Waals surface area contributed by atoms with E-state index in [4.69, 9.17) is 0 Å². The Bertz CT molecular complexity index is 788. The van der Waals surface area contributed by atoms with Gasteiger partial charge in [0, 0.05) is 29.1 Å². The van der Waals surface area contributed by atoms with Crippen molar-refractivity contribution in [3.05, 3.63) is 71.4 Å². The van der Waals surface area contributed by atoms with Crippen LogP contribution in [-0.2, 0) is 6.42 Å². The standard InChI is InChI=1S/C21H24N2/c1-23-14-7-11-17(16-8-3-2-4-9-16)21-19(13-15-23)18-10-5-6-12-20(18)22-21/h2-6,8-10,12,17,22H,7,11,13-15H2,1H3/t17-/m0/s1. The smallest absolute Gasteiger partial charge is 0.0459 e. The summed E-state index contributed by atoms with van der Waals surface area (Å²) >= 11 is 0. The number of para-hydroxylation sites is 1. The molecule has 0 aliphatic carbocycles. The van der Waals surface area contributed by atoms with Crippen molar-refractivity contribution in [2.45, 2.75) is 25.2 Å². The number of aromatic nitrogens is 1. The first-order valence-electron chi connectivity index (χ1n) is 8.66. The van der Waals surface area contributed by atoms with Gasteiger partial charge in [0.25, 0.3) is 0 Å². The van der Waals surface area contributed by atoms with Crippen molar-refractivity contribution >= 4 is 10.9 Å². The van der Waals surface area contributed by atoms with Gasteiger partial charge < -0.3 is 9.88 Å². The van der Waals surface area contributed by atoms with Gasteiger partial charge in [-0.25, -0.2) is 0 Å². The van der Waals surface area contributed by atoms with E-state index in [0.29, 0.717) is 5.92 Å². The molecule has 0 radical (unpaired) electrons. The van der Waals surface area contributed by atoms with Gasteiger partial charge >= 0.3 is 0 Å². The molecule has 118 valence electrons. The summed E-state index contributed by atoms with van der Waals surface area (Å²) in [5.41, 5.74) is 5.67. The minimum atomic E-state index is 0.477. The lowest BCUT2D eigenvalue weighted by molar-refractivity contribution is 0.332. The predicted octanol–water partition coefficient (Wildman–Crippen LogP) is 4.57. The highest BCUT2D eigenvalue weighted by Crippen LogP contribution is 2.36. The van der Waals surface area contributed by atoms with E-state index in [-0.39, 0.29) is 0 Å². The Morgan fingerprint density at radius 1 is 0.957 bits per heavy atom. The zero-order chi connectivity index (χ0) is 15.6. The minimum Gasteiger partial charge on any atom is -0.358 e. The number of fused-ring (bicyclic) bond motifs is 3. The van der Waals surface area contributed by atoms with Crippen molar-refractivity contribution in [2.75, 3.05) is 20.1 Å². The molecule has 1 aliphatic rings. The Morgan fingerprint density at radius 3 is 2.61 bits per heavy atom. The van der Waals surface area contributed by atoms with Gasteiger partial charge in [-0.3, -0.25) is 0 Å². The summed E-state index contributed by atoms with van der Waals surface area (Å²) < 4.78 is 0. The summed E-state index contributed by atoms with van der Waals surface area (Å²) in [5, 5.41) is 1.40. The summed E-state index contributed by atoms with van der Waals surface area (Å²) in [6.45, 7) is 2.32. The maximum absolute atomic E-state index is 3.76. The third-order valence-electron chi connectivity index (χ3n) is 5.17. The second-order valence-corrected chi connectivity index (χ2v) is 6.72. The Kier molecular flexibility index (Phi) is 3.92. The molecule has 3 aromatic rings. The van der Waals surface area contributed by atoms with Gasteiger partial charge in [-0.2, -0.15) is 0 Å². The molecule has 23 heavy (non-hydrogen) atoms. The number of likely N-dealkylation sites (N-methyl/N-ethyl adjacent to an activating group) is 1. The first-order valence-corrected chi connectivity index (χ1v) is 8.66. The molecule has 0 spiro atoms. The average Bonchev–Trinajstić information content (AvgIpc) is 2.98. The highest BCUT2D eigenvalue weighted by molar-refractivity contribution is 5.85. The first kappa shape index (κ1) is 14.5. The summed E-state index contributed by atoms with van der Waals surface area (Å²) in [5.74, 6) is 0.477. The third-order valence-corrected chi connectivity index (χ3v) is 5.17. The molecule has 0 fully saturated rings. The molecule has 1 aliphatic heterocycles. The number of hydrogen-bond donors (Lipinski definition) is 1. The minimum absolute atomic E-state index is 0.477. The van der Waals surface area contributed by atoms with Crippen molar-refractivity contribution in [1.82, 2.24) is 9.88 Å². The molecule has 1 N–H and O–H groups in total. The Labute approximate surface area is 138 Å². The van der Waals surface area contributed by atoms with Crippen LogP contribution in [0.2, 0.25) is 0 Å². The lowest BCUT2D eigenvalue weighted by Gasteiger charge is -2.18. The molecule has 1 atom stereocenters. The fourth-order valence-electron chi connectivity index (χ4n) is 3.93. The van der Waals surface area contributed by atoms with Gasteiger partial charge in [0.05, 0.1) is 0 Å². The van der Waals surface area contributed by atoms with E-state index in [1.807, 2.05) is 0 Å². The van der Waals surface area contributed by atoms with Gasteiger partial charge in [-0.05, 0) is 50.0 Å². The van der Waals surface area contributed by atoms with Gasteiger partial charge in [0.1, 0.15) is 0 Å². The number of H-pyrrole nitrogens is 1. The molecule has 0 saturated heterocycles. The summed E-state index contributed by atoms with van der Waals surface area (Å²) in [4.78, 5) is 6.23. The van der Waals surface area contributed by atoms with Crippen LogP contribution < -0.4 is 0 Å². The SMILES string of the molecule is CN1CCC[C@@H](c2ccccc2)c2[nH]c3ccccc3c2CC1. The van der Waals surface area contributed by atoms with Gasteiger partial charge in [-0.1, -0.05) is 48.5 Å². The monoisotopic (exact) mass is 304 g/mol. The Balaban J connectivity index is 1.87. The largest absolute Gasteiger partial charge is 0.358 e. The number of nitrogens with one attached hydrogen (secondary N) is 1. The van der Waals surface area contributed by atoms with Crippen LogP contribution in [0.4, 0.5) is 0 Å². The molecule has 1 aromatic heterocycles. The van der Waals surface area contributed by atoms with Gasteiger partial charge in [-0.15, -0.1) is 0 Å². The van der Waals surface area contributed by atoms with E-state index in [9.17, 15) is 0 Å². The summed E-state index contributed by atoms with van der Waals surface area (Å²) in [6, 6.07) is 19.8. The van der Waals surface area contributed by atoms with Crippen LogP contribution in [0.3, 0.4) is 0 Å². The van der Waals surface area contributed by atoms with Crippen LogP contribution in [0.1, 0.15) is 35.6 Å². The number of benzene rings is 2. The van der Waals surface area contributed by atoms with Crippen molar-refractivity contribution in [1.29, 1.82) is 0 Å². The molecule has 0 saturated carbocycles. The fourth-order valence-corrected chi connectivity index (χ4v) is 3.93. The van der Waals surface area contributed by atoms with E-state index in [0.717, 1.165) is 13.0 Å². The topological polar surface area (TPSA) is 19.0 Å². The predicted molar refractivity (Wildman–Crippen MR) is 97.0 cm³/mol. The quantitative estimate of drug-likeness (QED) is 0.698. The van der Waals surface area contributed by atoms with E-state index in [1.165, 1.54) is 47.1 Å². The molecule has 0 amide bonds. The lowest BCUT2D eigenvalue weighted by Crippen LogP contribution is -2.21. The van der Waals surface area contributed by atoms with Crippen molar-refractivity contribution < 1.29 is 0 Å². The van der Waals surface area contributed by atoms with Gasteiger partial charge in [0.15, 0.2) is 0 Å². The third kappa shape index (κ3) is 2.79. The lowest BCUT2D eigenvalue weighted by atomic mass is 9.88. The maximum atomic E-state index is 3.76. The van der Waals surface area contributed by atoms with Crippen LogP contribution >= 0.6 is 0 Å². The average molecular weight is 304 g/mol. The number of hydrogen-bond acceptors (Lipinski definition) is 1. The molecule has 0 bridgehead atoms. The molecule has 2 nitrogen and oxygen atoms in total. The van der Waals surface area contributed by atoms with Crippen molar-refractivity contribution in [3.8, 4) is 0 Å². The fraction of sp³-hybridized carbons (Fsp3) is 0.333. The van der Waals surface area contributed by atoms with E-state index < -0.39 is 0 Å². The molecular formula is C21H24N2. The number of nitrogens with zero attached hydrogens (tertiary/aromatic N) is 1. The van der Waals surface area contributed by atoms with E-state index in [1.54, 1.807) is 0 Å². The summed E-state index contributed by atoms with van der Waals surface area (Å²) in [7, 11) is 2.25. The highest BCUT2D eigenvalue weighted by atomic mass is 15.1. The molecule has 0 unspecified atom stereocenters. The Hall–Kier alpha value is -2.06. The van der Waals surface area contributed by atoms with Crippen LogP contribution in [0, 0.1) is 0 Å². The second-order valence-electron chi connectivity index (χ2n) is 6.72. The van der Waals surface area contributed by atoms with E-state index >= 15 is 0 Å². The van der Waals surface area contributed by atoms with E-state index in [2.05, 4.69) is 71.5 Å². The second kappa shape index (κ2) is 6.21. The zero-order valence-electron chi connectivity index (χ0n) is 13.8. The molecule has 4 rings (SSSR count). The molecule has 2 heteroatoms. The molecular weight excluding hydrogens is 280 g/mol. The van der Waals surface area contributed by atoms with Crippen molar-refractivity contribution in [3.63, 3.8) is 0 Å². The van der Waals surface area contributed by atoms with Crippen LogP contribution in [0.25, 0.3) is 10.9 Å². The number of rotatable bonds is 1. The number of aromatic amines is 1. The molecule has 2 aromatic carbocycles. The normalized spacial score (nSPS) is 19.8. The maximum Gasteiger partial charge on any atom is 0.0459 e. The van der Waals surface area contributed by atoms with Crippen LogP contribution in [0.5, 0.6) is 0 Å². The summed E-state index contributed by atoms with van der Waals surface area (Å²) in [6.07, 6.45) is 3.57. The highest BCUT2D eigenvalue weighted by Gasteiger charge is 2.23. The van der Waals surface area contributed by atoms with Crippen molar-refractivity contribution in [2.24, 2.45) is 0 Å². The van der Waals surface area contributed by atoms with Crippen LogP contribution in [0.15, 0.2) is 54.6 Å². The first-order chi connectivity index (χ1) is 11.3. The van der Waals surface area contributed by atoms with Crippen LogP contribution in [-0.4, -0.2) is 30.0 Å². The zero-order valence-corrected chi connectivity index (χ0v) is 13.8. The molecule has 2 heterocycles.